The first-order chi connectivity index (χ1) is 25.3. The van der Waals surface area contributed by atoms with Crippen LogP contribution in [-0.4, -0.2) is 30.4 Å². The number of alkyl halides is 3. The second-order valence-electron chi connectivity index (χ2n) is 14.4. The van der Waals surface area contributed by atoms with Crippen LogP contribution in [0.2, 0.25) is 5.02 Å². The zero-order valence-corrected chi connectivity index (χ0v) is 31.9. The number of benzene rings is 5. The number of hydrogen-bond acceptors (Lipinski definition) is 4. The number of halogens is 4. The van der Waals surface area contributed by atoms with Crippen LogP contribution in [0.15, 0.2) is 109 Å². The number of aryl methyl sites for hydroxylation is 1. The highest BCUT2D eigenvalue weighted by Gasteiger charge is 2.35. The fraction of sp³-hybridized carbons (Fsp3) is 0.256. The van der Waals surface area contributed by atoms with Crippen LogP contribution >= 0.6 is 11.6 Å². The van der Waals surface area contributed by atoms with Gasteiger partial charge in [0.15, 0.2) is 5.78 Å². The second-order valence-corrected chi connectivity index (χ2v) is 16.4. The summed E-state index contributed by atoms with van der Waals surface area (Å²) in [5.74, 6) is -2.18. The molecule has 0 spiro atoms. The van der Waals surface area contributed by atoms with E-state index >= 15 is 0 Å². The van der Waals surface area contributed by atoms with Gasteiger partial charge in [0.2, 0.25) is 5.91 Å². The highest BCUT2D eigenvalue weighted by atomic mass is 35.5. The average molecular weight is 776 g/mol. The molecule has 0 aliphatic heterocycles. The maximum Gasteiger partial charge on any atom is 0.417 e. The summed E-state index contributed by atoms with van der Waals surface area (Å²) in [7, 11) is -4.18. The largest absolute Gasteiger partial charge is 0.417 e. The third kappa shape index (κ3) is 10.5. The zero-order valence-electron chi connectivity index (χ0n) is 30.3. The Labute approximate surface area is 319 Å². The lowest BCUT2D eigenvalue weighted by Gasteiger charge is -2.21. The molecule has 0 radical (unpaired) electrons. The summed E-state index contributed by atoms with van der Waals surface area (Å²) in [6.07, 6.45) is -4.66. The van der Waals surface area contributed by atoms with Gasteiger partial charge < -0.3 is 5.32 Å². The van der Waals surface area contributed by atoms with Gasteiger partial charge in [-0.2, -0.15) is 21.6 Å². The number of Topliss-reactive ketones (excluding diaryl/α,β-unsaturated/α-hetero) is 1. The van der Waals surface area contributed by atoms with Crippen LogP contribution in [0.4, 0.5) is 18.9 Å². The molecule has 11 heteroatoms. The molecule has 1 atom stereocenters. The number of nitrogens with one attached hydrogen (secondary N) is 1. The van der Waals surface area contributed by atoms with Gasteiger partial charge in [0.25, 0.3) is 10.1 Å². The van der Waals surface area contributed by atoms with Crippen molar-refractivity contribution in [3.05, 3.63) is 148 Å². The molecule has 0 aliphatic carbocycles. The number of rotatable bonds is 12. The Bertz CT molecular complexity index is 2250. The van der Waals surface area contributed by atoms with Crippen molar-refractivity contribution in [2.75, 3.05) is 11.1 Å². The molecule has 0 fully saturated rings. The van der Waals surface area contributed by atoms with E-state index in [4.69, 9.17) is 16.2 Å². The molecule has 2 N–H and O–H groups in total. The van der Waals surface area contributed by atoms with Gasteiger partial charge in [0.05, 0.1) is 17.2 Å². The van der Waals surface area contributed by atoms with E-state index in [9.17, 15) is 31.2 Å². The predicted octanol–water partition coefficient (Wildman–Crippen LogP) is 11.1. The third-order valence-electron chi connectivity index (χ3n) is 9.31. The van der Waals surface area contributed by atoms with Crippen molar-refractivity contribution in [1.82, 2.24) is 0 Å². The number of hydrogen-bond donors (Lipinski definition) is 2. The Balaban J connectivity index is 1.44. The summed E-state index contributed by atoms with van der Waals surface area (Å²) in [4.78, 5) is 26.7. The van der Waals surface area contributed by atoms with Gasteiger partial charge in [-0.3, -0.25) is 14.1 Å². The molecule has 0 aliphatic rings. The minimum Gasteiger partial charge on any atom is -0.326 e. The molecule has 282 valence electrons. The van der Waals surface area contributed by atoms with Gasteiger partial charge in [-0.25, -0.2) is 0 Å². The van der Waals surface area contributed by atoms with Gasteiger partial charge in [0, 0.05) is 22.7 Å². The lowest BCUT2D eigenvalue weighted by atomic mass is 9.86. The normalized spacial score (nSPS) is 12.7. The highest BCUT2D eigenvalue weighted by molar-refractivity contribution is 7.85. The van der Waals surface area contributed by atoms with Crippen molar-refractivity contribution in [1.29, 1.82) is 0 Å². The summed E-state index contributed by atoms with van der Waals surface area (Å²) in [5, 5.41) is 3.13. The van der Waals surface area contributed by atoms with Crippen LogP contribution in [0.3, 0.4) is 0 Å². The standard InChI is InChI=1S/C43H41ClF3NO5S/c1-27-24-34(44)19-21-36(27)37-22-20-35(26-39(37)43(45,46)47)48-41(50)38(25-28-7-9-32(10-8-28)40(49)6-5-23-54(51,52)53)31-13-11-29(12-14-31)30-15-17-33(18-16-30)42(2,3)4/h7-22,24,26,38H,5-6,23,25H2,1-4H3,(H,48,50)(H,51,52,53). The predicted molar refractivity (Wildman–Crippen MR) is 209 cm³/mol. The number of anilines is 1. The first kappa shape index (κ1) is 40.4. The number of carbonyl (C=O) groups excluding carboxylic acids is 2. The van der Waals surface area contributed by atoms with Gasteiger partial charge in [-0.15, -0.1) is 0 Å². The van der Waals surface area contributed by atoms with Crippen LogP contribution < -0.4 is 5.32 Å². The van der Waals surface area contributed by atoms with Crippen molar-refractivity contribution in [2.45, 2.75) is 64.5 Å². The van der Waals surface area contributed by atoms with E-state index in [1.807, 2.05) is 36.4 Å². The average Bonchev–Trinajstić information content (AvgIpc) is 3.10. The summed E-state index contributed by atoms with van der Waals surface area (Å²) in [6, 6.07) is 30.6. The number of carbonyl (C=O) groups is 2. The van der Waals surface area contributed by atoms with Crippen LogP contribution in [0.5, 0.6) is 0 Å². The molecular weight excluding hydrogens is 735 g/mol. The van der Waals surface area contributed by atoms with Gasteiger partial charge >= 0.3 is 6.18 Å². The number of ketones is 1. The molecule has 5 aromatic carbocycles. The van der Waals surface area contributed by atoms with Crippen LogP contribution in [0, 0.1) is 6.92 Å². The summed E-state index contributed by atoms with van der Waals surface area (Å²) >= 11 is 6.06. The van der Waals surface area contributed by atoms with E-state index in [0.29, 0.717) is 32.8 Å². The van der Waals surface area contributed by atoms with Crippen LogP contribution in [0.1, 0.15) is 77.7 Å². The Morgan fingerprint density at radius 3 is 1.94 bits per heavy atom. The first-order valence-corrected chi connectivity index (χ1v) is 19.3. The summed E-state index contributed by atoms with van der Waals surface area (Å²) < 4.78 is 74.4. The monoisotopic (exact) mass is 775 g/mol. The molecule has 0 saturated heterocycles. The first-order valence-electron chi connectivity index (χ1n) is 17.4. The second kappa shape index (κ2) is 16.3. The summed E-state index contributed by atoms with van der Waals surface area (Å²) in [5.41, 5.74) is 4.76. The van der Waals surface area contributed by atoms with Crippen LogP contribution in [0.25, 0.3) is 22.3 Å². The number of amides is 1. The molecule has 0 aromatic heterocycles. The van der Waals surface area contributed by atoms with E-state index in [0.717, 1.165) is 17.2 Å². The maximum absolute atomic E-state index is 14.4. The fourth-order valence-electron chi connectivity index (χ4n) is 6.30. The summed E-state index contributed by atoms with van der Waals surface area (Å²) in [6.45, 7) is 8.10. The molecular formula is C43H41ClF3NO5S. The molecule has 5 rings (SSSR count). The van der Waals surface area contributed by atoms with Gasteiger partial charge in [-0.1, -0.05) is 117 Å². The van der Waals surface area contributed by atoms with E-state index in [1.54, 1.807) is 37.3 Å². The maximum atomic E-state index is 14.4. The van der Waals surface area contributed by atoms with Crippen molar-refractivity contribution >= 4 is 39.1 Å². The Morgan fingerprint density at radius 1 is 0.796 bits per heavy atom. The minimum atomic E-state index is -4.71. The van der Waals surface area contributed by atoms with E-state index in [-0.39, 0.29) is 41.7 Å². The van der Waals surface area contributed by atoms with E-state index in [1.165, 1.54) is 29.8 Å². The quantitative estimate of drug-likeness (QED) is 0.0971. The highest BCUT2D eigenvalue weighted by Crippen LogP contribution is 2.40. The van der Waals surface area contributed by atoms with Crippen molar-refractivity contribution in [2.24, 2.45) is 0 Å². The van der Waals surface area contributed by atoms with Crippen molar-refractivity contribution < 1.29 is 35.7 Å². The molecule has 1 amide bonds. The zero-order chi connectivity index (χ0) is 39.4. The van der Waals surface area contributed by atoms with Crippen LogP contribution in [-0.2, 0) is 32.9 Å². The van der Waals surface area contributed by atoms with E-state index in [2.05, 4.69) is 38.2 Å². The fourth-order valence-corrected chi connectivity index (χ4v) is 7.04. The Morgan fingerprint density at radius 2 is 1.39 bits per heavy atom. The SMILES string of the molecule is Cc1cc(Cl)ccc1-c1ccc(NC(=O)C(Cc2ccc(C(=O)CCCS(=O)(=O)O)cc2)c2ccc(-c3ccc(C(C)(C)C)cc3)cc2)cc1C(F)(F)F. The minimum absolute atomic E-state index is 0.00642. The Hall–Kier alpha value is -4.77. The lowest BCUT2D eigenvalue weighted by Crippen LogP contribution is -2.23. The molecule has 0 bridgehead atoms. The Kier molecular flexibility index (Phi) is 12.2. The molecule has 6 nitrogen and oxygen atoms in total. The lowest BCUT2D eigenvalue weighted by molar-refractivity contribution is -0.137. The smallest absolute Gasteiger partial charge is 0.326 e. The van der Waals surface area contributed by atoms with Gasteiger partial charge in [-0.05, 0) is 94.0 Å². The van der Waals surface area contributed by atoms with Crippen molar-refractivity contribution in [3.63, 3.8) is 0 Å². The molecule has 1 unspecified atom stereocenters. The molecule has 5 aromatic rings. The van der Waals surface area contributed by atoms with Gasteiger partial charge in [0.1, 0.15) is 0 Å². The van der Waals surface area contributed by atoms with E-state index < -0.39 is 39.4 Å². The third-order valence-corrected chi connectivity index (χ3v) is 10.3. The van der Waals surface area contributed by atoms with Crippen molar-refractivity contribution in [3.8, 4) is 22.3 Å². The molecule has 54 heavy (non-hydrogen) atoms. The molecule has 0 saturated carbocycles. The topological polar surface area (TPSA) is 101 Å². The molecule has 0 heterocycles.